The monoisotopic (exact) mass is 528 g/mol. The third kappa shape index (κ3) is 4.95. The van der Waals surface area contributed by atoms with E-state index >= 15 is 0 Å². The highest BCUT2D eigenvalue weighted by Gasteiger charge is 2.13. The summed E-state index contributed by atoms with van der Waals surface area (Å²) >= 11 is 12.2. The number of rotatable bonds is 7. The average Bonchev–Trinajstić information content (AvgIpc) is 3.50. The van der Waals surface area contributed by atoms with E-state index in [0.29, 0.717) is 28.2 Å². The second kappa shape index (κ2) is 9.88. The van der Waals surface area contributed by atoms with Crippen LogP contribution in [0.25, 0.3) is 22.2 Å². The number of nitrogens with one attached hydrogen (secondary N) is 2. The predicted octanol–water partition coefficient (Wildman–Crippen LogP) is 6.51. The zero-order valence-corrected chi connectivity index (χ0v) is 20.6. The SMILES string of the molecule is Clc1ccc(Cn2cc(/C=N\Nc3nc4nonc4nc3Nc3cccc(Cl)c3)c3ccccc32)cc1. The van der Waals surface area contributed by atoms with E-state index < -0.39 is 0 Å². The topological polar surface area (TPSA) is 106 Å². The van der Waals surface area contributed by atoms with Gasteiger partial charge in [0.25, 0.3) is 0 Å². The molecule has 3 aromatic heterocycles. The van der Waals surface area contributed by atoms with Crippen molar-refractivity contribution in [3.63, 3.8) is 0 Å². The Kier molecular flexibility index (Phi) is 6.13. The molecule has 0 atom stereocenters. The first-order valence-corrected chi connectivity index (χ1v) is 12.0. The maximum atomic E-state index is 6.13. The lowest BCUT2D eigenvalue weighted by molar-refractivity contribution is 0.314. The molecule has 0 fully saturated rings. The molecule has 0 saturated heterocycles. The standard InChI is InChI=1S/C26H18Cl2N8O/c27-18-10-8-16(9-11-18)14-36-15-17(21-6-1-2-7-22(21)36)13-29-33-24-23(30-20-5-3-4-19(28)12-20)31-25-26(32-24)35-37-34-25/h1-13,15H,14H2,(H,30,31,34)(H,32,33,35)/b29-13-. The number of benzene rings is 3. The molecule has 11 heteroatoms. The van der Waals surface area contributed by atoms with Crippen molar-refractivity contribution in [1.29, 1.82) is 0 Å². The zero-order valence-electron chi connectivity index (χ0n) is 19.1. The number of halogens is 2. The highest BCUT2D eigenvalue weighted by molar-refractivity contribution is 6.31. The summed E-state index contributed by atoms with van der Waals surface area (Å²) in [5.74, 6) is 0.747. The summed E-state index contributed by atoms with van der Waals surface area (Å²) in [4.78, 5) is 8.91. The quantitative estimate of drug-likeness (QED) is 0.179. The molecular formula is C26H18Cl2N8O. The number of fused-ring (bicyclic) bond motifs is 2. The van der Waals surface area contributed by atoms with Crippen LogP contribution >= 0.6 is 23.2 Å². The minimum Gasteiger partial charge on any atom is -0.342 e. The highest BCUT2D eigenvalue weighted by atomic mass is 35.5. The van der Waals surface area contributed by atoms with Crippen LogP contribution in [0, 0.1) is 0 Å². The van der Waals surface area contributed by atoms with Crippen LogP contribution in [0.5, 0.6) is 0 Å². The fraction of sp³-hybridized carbons (Fsp3) is 0.0385. The van der Waals surface area contributed by atoms with Gasteiger partial charge < -0.3 is 9.88 Å². The van der Waals surface area contributed by atoms with E-state index in [9.17, 15) is 0 Å². The number of nitrogens with zero attached hydrogens (tertiary/aromatic N) is 6. The molecule has 37 heavy (non-hydrogen) atoms. The second-order valence-electron chi connectivity index (χ2n) is 8.19. The Bertz CT molecular complexity index is 1740. The summed E-state index contributed by atoms with van der Waals surface area (Å²) in [6.45, 7) is 0.702. The summed E-state index contributed by atoms with van der Waals surface area (Å²) in [5, 5.41) is 17.6. The largest absolute Gasteiger partial charge is 0.342 e. The molecule has 2 N–H and O–H groups in total. The van der Waals surface area contributed by atoms with Crippen LogP contribution in [0.15, 0.2) is 88.7 Å². The first-order chi connectivity index (χ1) is 18.1. The maximum absolute atomic E-state index is 6.13. The Labute approximate surface area is 220 Å². The van der Waals surface area contributed by atoms with Crippen molar-refractivity contribution in [3.05, 3.63) is 100 Å². The van der Waals surface area contributed by atoms with Crippen LogP contribution in [0.2, 0.25) is 10.0 Å². The molecule has 6 rings (SSSR count). The molecule has 0 bridgehead atoms. The van der Waals surface area contributed by atoms with Crippen LogP contribution in [-0.4, -0.2) is 31.1 Å². The molecule has 0 aliphatic heterocycles. The van der Waals surface area contributed by atoms with E-state index in [0.717, 1.165) is 27.7 Å². The van der Waals surface area contributed by atoms with Crippen molar-refractivity contribution >= 4 is 68.9 Å². The molecule has 0 saturated carbocycles. The van der Waals surface area contributed by atoms with Gasteiger partial charge in [-0.25, -0.2) is 9.61 Å². The van der Waals surface area contributed by atoms with E-state index in [2.05, 4.69) is 59.0 Å². The van der Waals surface area contributed by atoms with Gasteiger partial charge in [0, 0.05) is 44.9 Å². The maximum Gasteiger partial charge on any atom is 0.245 e. The van der Waals surface area contributed by atoms with Crippen LogP contribution in [-0.2, 0) is 6.54 Å². The van der Waals surface area contributed by atoms with Gasteiger partial charge in [-0.05, 0) is 52.3 Å². The van der Waals surface area contributed by atoms with Crippen molar-refractivity contribution in [2.45, 2.75) is 6.54 Å². The van der Waals surface area contributed by atoms with Crippen molar-refractivity contribution in [2.75, 3.05) is 10.7 Å². The lowest BCUT2D eigenvalue weighted by atomic mass is 10.2. The molecule has 0 spiro atoms. The van der Waals surface area contributed by atoms with Gasteiger partial charge in [0.2, 0.25) is 11.3 Å². The molecular weight excluding hydrogens is 511 g/mol. The lowest BCUT2D eigenvalue weighted by Gasteiger charge is -2.09. The first kappa shape index (κ1) is 23.0. The smallest absolute Gasteiger partial charge is 0.245 e. The van der Waals surface area contributed by atoms with E-state index in [1.165, 1.54) is 0 Å². The van der Waals surface area contributed by atoms with Gasteiger partial charge in [0.05, 0.1) is 6.21 Å². The number of hydrogen-bond acceptors (Lipinski definition) is 8. The Hall–Kier alpha value is -4.47. The number of anilines is 3. The van der Waals surface area contributed by atoms with Crippen molar-refractivity contribution in [2.24, 2.45) is 5.10 Å². The van der Waals surface area contributed by atoms with Crippen LogP contribution < -0.4 is 10.7 Å². The molecule has 6 aromatic rings. The lowest BCUT2D eigenvalue weighted by Crippen LogP contribution is -2.03. The van der Waals surface area contributed by atoms with Gasteiger partial charge in [0.15, 0.2) is 11.6 Å². The van der Waals surface area contributed by atoms with E-state index in [4.69, 9.17) is 27.8 Å². The molecule has 9 nitrogen and oxygen atoms in total. The van der Waals surface area contributed by atoms with Gasteiger partial charge in [-0.3, -0.25) is 5.43 Å². The molecule has 0 amide bonds. The Morgan fingerprint density at radius 3 is 2.46 bits per heavy atom. The Morgan fingerprint density at radius 1 is 0.865 bits per heavy atom. The number of hydrogen-bond donors (Lipinski definition) is 2. The molecule has 3 aromatic carbocycles. The summed E-state index contributed by atoms with van der Waals surface area (Å²) in [7, 11) is 0. The van der Waals surface area contributed by atoms with Gasteiger partial charge in [-0.15, -0.1) is 0 Å². The molecule has 0 radical (unpaired) electrons. The van der Waals surface area contributed by atoms with Crippen LogP contribution in [0.4, 0.5) is 17.3 Å². The van der Waals surface area contributed by atoms with E-state index in [1.807, 2.05) is 48.5 Å². The van der Waals surface area contributed by atoms with Gasteiger partial charge >= 0.3 is 0 Å². The molecule has 0 unspecified atom stereocenters. The summed E-state index contributed by atoms with van der Waals surface area (Å²) in [6, 6.07) is 23.3. The van der Waals surface area contributed by atoms with Gasteiger partial charge in [-0.2, -0.15) is 10.1 Å². The number of hydrazone groups is 1. The fourth-order valence-electron chi connectivity index (χ4n) is 3.96. The summed E-state index contributed by atoms with van der Waals surface area (Å²) in [5.41, 5.74) is 7.42. The second-order valence-corrected chi connectivity index (χ2v) is 9.07. The molecule has 182 valence electrons. The molecule has 0 aliphatic carbocycles. The molecule has 0 aliphatic rings. The van der Waals surface area contributed by atoms with Crippen LogP contribution in [0.3, 0.4) is 0 Å². The fourth-order valence-corrected chi connectivity index (χ4v) is 4.28. The Balaban J connectivity index is 1.30. The number of aromatic nitrogens is 5. The average molecular weight is 529 g/mol. The van der Waals surface area contributed by atoms with Gasteiger partial charge in [0.1, 0.15) is 0 Å². The van der Waals surface area contributed by atoms with E-state index in [-0.39, 0.29) is 11.3 Å². The van der Waals surface area contributed by atoms with Crippen LogP contribution in [0.1, 0.15) is 11.1 Å². The summed E-state index contributed by atoms with van der Waals surface area (Å²) < 4.78 is 6.95. The van der Waals surface area contributed by atoms with Gasteiger partial charge in [-0.1, -0.05) is 59.6 Å². The van der Waals surface area contributed by atoms with Crippen molar-refractivity contribution in [1.82, 2.24) is 24.8 Å². The highest BCUT2D eigenvalue weighted by Crippen LogP contribution is 2.26. The minimum absolute atomic E-state index is 0.258. The van der Waals surface area contributed by atoms with Crippen molar-refractivity contribution < 1.29 is 4.63 Å². The third-order valence-corrected chi connectivity index (χ3v) is 6.15. The first-order valence-electron chi connectivity index (χ1n) is 11.3. The normalized spacial score (nSPS) is 11.5. The zero-order chi connectivity index (χ0) is 25.2. The van der Waals surface area contributed by atoms with E-state index in [1.54, 1.807) is 18.3 Å². The number of para-hydroxylation sites is 1. The summed E-state index contributed by atoms with van der Waals surface area (Å²) in [6.07, 6.45) is 3.81. The van der Waals surface area contributed by atoms with Crippen molar-refractivity contribution in [3.8, 4) is 0 Å². The third-order valence-electron chi connectivity index (χ3n) is 5.66. The predicted molar refractivity (Wildman–Crippen MR) is 146 cm³/mol. The molecule has 3 heterocycles. The Morgan fingerprint density at radius 2 is 1.65 bits per heavy atom. The minimum atomic E-state index is 0.258.